The molecular formula is C39H39F5N4O2. The summed E-state index contributed by atoms with van der Waals surface area (Å²) in [5, 5.41) is 0.345. The molecular weight excluding hydrogens is 651 g/mol. The number of benzene rings is 3. The van der Waals surface area contributed by atoms with Crippen LogP contribution in [0.4, 0.5) is 22.0 Å². The molecule has 5 aromatic rings. The maximum atomic E-state index is 14.5. The molecule has 262 valence electrons. The third-order valence-corrected chi connectivity index (χ3v) is 8.96. The summed E-state index contributed by atoms with van der Waals surface area (Å²) in [4.78, 5) is 35.9. The third kappa shape index (κ3) is 8.63. The zero-order valence-corrected chi connectivity index (χ0v) is 28.2. The summed E-state index contributed by atoms with van der Waals surface area (Å²) in [6.45, 7) is 8.64. The number of hydrogen-bond acceptors (Lipinski definition) is 4. The molecule has 11 heteroatoms. The van der Waals surface area contributed by atoms with E-state index < -0.39 is 23.4 Å². The average molecular weight is 691 g/mol. The monoisotopic (exact) mass is 690 g/mol. The van der Waals surface area contributed by atoms with Gasteiger partial charge in [0.05, 0.1) is 10.9 Å². The lowest BCUT2D eigenvalue weighted by Gasteiger charge is -2.28. The summed E-state index contributed by atoms with van der Waals surface area (Å²) in [6, 6.07) is 21.1. The molecule has 2 aromatic heterocycles. The molecule has 0 aliphatic rings. The number of halogens is 5. The van der Waals surface area contributed by atoms with Gasteiger partial charge in [-0.1, -0.05) is 62.4 Å². The molecule has 2 heterocycles. The zero-order valence-electron chi connectivity index (χ0n) is 28.2. The Morgan fingerprint density at radius 3 is 2.14 bits per heavy atom. The van der Waals surface area contributed by atoms with Crippen molar-refractivity contribution in [1.29, 1.82) is 0 Å². The Hall–Kier alpha value is -4.90. The molecule has 6 nitrogen and oxygen atoms in total. The maximum Gasteiger partial charge on any atom is 0.416 e. The fourth-order valence-corrected chi connectivity index (χ4v) is 5.98. The molecule has 0 fully saturated rings. The van der Waals surface area contributed by atoms with Crippen LogP contribution in [0, 0.1) is 18.6 Å². The SMILES string of the molecule is CCN(CC)CCN(Cc1ccc(-c2ccc(C(F)(F)F)cc2)cc1)C(=O)Cn1c(CCc2cccc(F)c2F)cc(=O)c2ccc(C)nc21. The highest BCUT2D eigenvalue weighted by Crippen LogP contribution is 2.31. The lowest BCUT2D eigenvalue weighted by Crippen LogP contribution is -2.40. The molecule has 0 radical (unpaired) electrons. The molecule has 50 heavy (non-hydrogen) atoms. The van der Waals surface area contributed by atoms with Crippen LogP contribution in [0.2, 0.25) is 0 Å². The fourth-order valence-electron chi connectivity index (χ4n) is 5.98. The van der Waals surface area contributed by atoms with E-state index in [2.05, 4.69) is 9.88 Å². The number of carbonyl (C=O) groups is 1. The van der Waals surface area contributed by atoms with Gasteiger partial charge in [0.2, 0.25) is 5.91 Å². The summed E-state index contributed by atoms with van der Waals surface area (Å²) in [5.41, 5.74) is 2.83. The van der Waals surface area contributed by atoms with E-state index in [1.165, 1.54) is 30.3 Å². The smallest absolute Gasteiger partial charge is 0.336 e. The van der Waals surface area contributed by atoms with Crippen LogP contribution in [-0.4, -0.2) is 51.4 Å². The first-order valence-electron chi connectivity index (χ1n) is 16.6. The van der Waals surface area contributed by atoms with Crippen LogP contribution >= 0.6 is 0 Å². The number of aryl methyl sites for hydroxylation is 3. The predicted octanol–water partition coefficient (Wildman–Crippen LogP) is 7.82. The van der Waals surface area contributed by atoms with E-state index in [0.29, 0.717) is 41.1 Å². The highest BCUT2D eigenvalue weighted by molar-refractivity contribution is 5.81. The zero-order chi connectivity index (χ0) is 36.0. The number of aromatic nitrogens is 2. The molecule has 0 unspecified atom stereocenters. The van der Waals surface area contributed by atoms with Gasteiger partial charge in [0, 0.05) is 37.1 Å². The molecule has 0 aliphatic heterocycles. The first-order valence-corrected chi connectivity index (χ1v) is 16.6. The minimum atomic E-state index is -4.42. The Balaban J connectivity index is 1.44. The van der Waals surface area contributed by atoms with Crippen molar-refractivity contribution >= 4 is 16.9 Å². The van der Waals surface area contributed by atoms with E-state index in [-0.39, 0.29) is 42.8 Å². The molecule has 1 amide bonds. The van der Waals surface area contributed by atoms with Gasteiger partial charge in [0.25, 0.3) is 0 Å². The Kier molecular flexibility index (Phi) is 11.5. The van der Waals surface area contributed by atoms with Gasteiger partial charge in [-0.15, -0.1) is 0 Å². The summed E-state index contributed by atoms with van der Waals surface area (Å²) < 4.78 is 69.3. The van der Waals surface area contributed by atoms with Crippen LogP contribution in [0.25, 0.3) is 22.2 Å². The largest absolute Gasteiger partial charge is 0.416 e. The Morgan fingerprint density at radius 1 is 0.840 bits per heavy atom. The van der Waals surface area contributed by atoms with Gasteiger partial charge in [-0.2, -0.15) is 13.2 Å². The second-order valence-electron chi connectivity index (χ2n) is 12.2. The van der Waals surface area contributed by atoms with E-state index in [1.807, 2.05) is 38.1 Å². The quantitative estimate of drug-likeness (QED) is 0.118. The predicted molar refractivity (Wildman–Crippen MR) is 185 cm³/mol. The summed E-state index contributed by atoms with van der Waals surface area (Å²) in [5.74, 6) is -2.13. The van der Waals surface area contributed by atoms with Crippen LogP contribution < -0.4 is 5.43 Å². The van der Waals surface area contributed by atoms with Gasteiger partial charge in [-0.25, -0.2) is 13.8 Å². The maximum absolute atomic E-state index is 14.5. The first kappa shape index (κ1) is 36.4. The lowest BCUT2D eigenvalue weighted by molar-refractivity contribution is -0.137. The average Bonchev–Trinajstić information content (AvgIpc) is 3.10. The number of pyridine rings is 2. The van der Waals surface area contributed by atoms with Crippen molar-refractivity contribution < 1.29 is 26.7 Å². The minimum Gasteiger partial charge on any atom is -0.336 e. The van der Waals surface area contributed by atoms with Crippen molar-refractivity contribution in [3.05, 3.63) is 135 Å². The second kappa shape index (κ2) is 15.8. The number of carbonyl (C=O) groups excluding carboxylic acids is 1. The van der Waals surface area contributed by atoms with Crippen molar-refractivity contribution in [1.82, 2.24) is 19.4 Å². The lowest BCUT2D eigenvalue weighted by atomic mass is 10.0. The van der Waals surface area contributed by atoms with Crippen molar-refractivity contribution in [2.45, 2.75) is 52.9 Å². The Bertz CT molecular complexity index is 2000. The van der Waals surface area contributed by atoms with E-state index in [4.69, 9.17) is 0 Å². The standard InChI is InChI=1S/C39H39F5N4O2/c1-4-46(5-2)21-22-47(24-27-10-12-28(13-11-27)29-14-17-31(18-15-29)39(42,43)44)36(50)25-48-32(19-16-30-7-6-8-34(40)37(30)41)23-35(49)33-20-9-26(3)45-38(33)48/h6-15,17-18,20,23H,4-5,16,19,21-22,24-25H2,1-3H3. The van der Waals surface area contributed by atoms with Gasteiger partial charge in [0.1, 0.15) is 12.2 Å². The van der Waals surface area contributed by atoms with Gasteiger partial charge in [-0.3, -0.25) is 9.59 Å². The van der Waals surface area contributed by atoms with Crippen molar-refractivity contribution in [2.75, 3.05) is 26.2 Å². The minimum absolute atomic E-state index is 0.103. The van der Waals surface area contributed by atoms with E-state index in [9.17, 15) is 31.5 Å². The van der Waals surface area contributed by atoms with E-state index in [0.717, 1.165) is 42.4 Å². The molecule has 0 bridgehead atoms. The van der Waals surface area contributed by atoms with Gasteiger partial charge >= 0.3 is 6.18 Å². The van der Waals surface area contributed by atoms with Crippen molar-refractivity contribution in [2.24, 2.45) is 0 Å². The van der Waals surface area contributed by atoms with E-state index in [1.54, 1.807) is 28.5 Å². The molecule has 5 rings (SSSR count). The van der Waals surface area contributed by atoms with Crippen molar-refractivity contribution in [3.8, 4) is 11.1 Å². The molecule has 0 aliphatic carbocycles. The number of fused-ring (bicyclic) bond motifs is 1. The highest BCUT2D eigenvalue weighted by atomic mass is 19.4. The van der Waals surface area contributed by atoms with Gasteiger partial charge in [0.15, 0.2) is 17.1 Å². The number of hydrogen-bond donors (Lipinski definition) is 0. The molecule has 3 aromatic carbocycles. The highest BCUT2D eigenvalue weighted by Gasteiger charge is 2.30. The molecule has 0 atom stereocenters. The van der Waals surface area contributed by atoms with Crippen LogP contribution in [-0.2, 0) is 36.9 Å². The molecule has 0 N–H and O–H groups in total. The molecule has 0 saturated heterocycles. The van der Waals surface area contributed by atoms with Crippen LogP contribution in [0.15, 0.2) is 89.7 Å². The van der Waals surface area contributed by atoms with Crippen LogP contribution in [0.3, 0.4) is 0 Å². The Morgan fingerprint density at radius 2 is 1.50 bits per heavy atom. The Labute approximate surface area is 287 Å². The van der Waals surface area contributed by atoms with Crippen LogP contribution in [0.5, 0.6) is 0 Å². The number of likely N-dealkylation sites (N-methyl/N-ethyl adjacent to an activating group) is 1. The number of nitrogens with zero attached hydrogens (tertiary/aromatic N) is 4. The summed E-state index contributed by atoms with van der Waals surface area (Å²) in [7, 11) is 0. The van der Waals surface area contributed by atoms with Crippen molar-refractivity contribution in [3.63, 3.8) is 0 Å². The van der Waals surface area contributed by atoms with Gasteiger partial charge in [-0.05, 0) is 85.4 Å². The second-order valence-corrected chi connectivity index (χ2v) is 12.2. The normalized spacial score (nSPS) is 11.8. The fraction of sp³-hybridized carbons (Fsp3) is 0.308. The molecule has 0 spiro atoms. The summed E-state index contributed by atoms with van der Waals surface area (Å²) >= 11 is 0. The first-order chi connectivity index (χ1) is 23.9. The topological polar surface area (TPSA) is 58.4 Å². The molecule has 0 saturated carbocycles. The van der Waals surface area contributed by atoms with Crippen LogP contribution in [0.1, 0.15) is 41.9 Å². The third-order valence-electron chi connectivity index (χ3n) is 8.96. The van der Waals surface area contributed by atoms with Gasteiger partial charge < -0.3 is 14.4 Å². The summed E-state index contributed by atoms with van der Waals surface area (Å²) in [6.07, 6.45) is -4.15. The number of alkyl halides is 3. The number of rotatable bonds is 13. The van der Waals surface area contributed by atoms with E-state index >= 15 is 0 Å². The number of amides is 1.